The molecule has 0 aromatic carbocycles. The lowest BCUT2D eigenvalue weighted by Gasteiger charge is -2.30. The number of rotatable bonds is 6. The molecule has 0 aromatic rings. The number of hydrogen-bond acceptors (Lipinski definition) is 5. The van der Waals surface area contributed by atoms with Gasteiger partial charge in [-0.05, 0) is 38.5 Å². The van der Waals surface area contributed by atoms with Crippen molar-refractivity contribution in [3.8, 4) is 11.8 Å². The first-order valence-corrected chi connectivity index (χ1v) is 7.13. The van der Waals surface area contributed by atoms with Gasteiger partial charge in [0.05, 0.1) is 24.9 Å². The molecule has 1 fully saturated rings. The zero-order valence-electron chi connectivity index (χ0n) is 12.4. The summed E-state index contributed by atoms with van der Waals surface area (Å²) < 4.78 is 10.9. The molecule has 0 amide bonds. The Bertz CT molecular complexity index is 336. The van der Waals surface area contributed by atoms with Crippen molar-refractivity contribution in [3.05, 3.63) is 0 Å². The highest BCUT2D eigenvalue weighted by atomic mass is 16.7. The first kappa shape index (κ1) is 17.4. The van der Waals surface area contributed by atoms with Crippen LogP contribution >= 0.6 is 0 Å². The Morgan fingerprint density at radius 3 is 2.75 bits per heavy atom. The number of methoxy groups -OCH3 is 1. The maximum atomic E-state index is 9.82. The van der Waals surface area contributed by atoms with Gasteiger partial charge in [0, 0.05) is 20.0 Å². The largest absolute Gasteiger partial charge is 0.393 e. The van der Waals surface area contributed by atoms with E-state index < -0.39 is 17.5 Å². The summed E-state index contributed by atoms with van der Waals surface area (Å²) in [6, 6.07) is 0. The summed E-state index contributed by atoms with van der Waals surface area (Å²) in [6.07, 6.45) is 3.18. The molecule has 0 aromatic heterocycles. The molecule has 1 aliphatic heterocycles. The quantitative estimate of drug-likeness (QED) is 0.630. The van der Waals surface area contributed by atoms with Crippen LogP contribution in [0, 0.1) is 11.8 Å². The maximum Gasteiger partial charge on any atom is 0.233 e. The fourth-order valence-corrected chi connectivity index (χ4v) is 2.04. The van der Waals surface area contributed by atoms with E-state index in [1.165, 1.54) is 0 Å². The van der Waals surface area contributed by atoms with E-state index in [0.29, 0.717) is 25.9 Å². The molecular weight excluding hydrogens is 260 g/mol. The van der Waals surface area contributed by atoms with E-state index in [1.54, 1.807) is 14.0 Å². The van der Waals surface area contributed by atoms with Crippen LogP contribution in [0.2, 0.25) is 0 Å². The Balaban J connectivity index is 2.40. The Labute approximate surface area is 120 Å². The molecule has 1 saturated heterocycles. The Kier molecular flexibility index (Phi) is 6.93. The third-order valence-electron chi connectivity index (χ3n) is 3.54. The van der Waals surface area contributed by atoms with Crippen LogP contribution in [0.5, 0.6) is 0 Å². The maximum absolute atomic E-state index is 9.82. The van der Waals surface area contributed by atoms with Crippen molar-refractivity contribution < 1.29 is 24.8 Å². The van der Waals surface area contributed by atoms with E-state index in [0.717, 1.165) is 19.3 Å². The molecule has 3 unspecified atom stereocenters. The van der Waals surface area contributed by atoms with Gasteiger partial charge in [-0.3, -0.25) is 0 Å². The highest BCUT2D eigenvalue weighted by Crippen LogP contribution is 2.24. The van der Waals surface area contributed by atoms with Crippen LogP contribution in [0.15, 0.2) is 0 Å². The van der Waals surface area contributed by atoms with Gasteiger partial charge in [-0.2, -0.15) is 0 Å². The first-order chi connectivity index (χ1) is 9.43. The fourth-order valence-electron chi connectivity index (χ4n) is 2.04. The minimum atomic E-state index is -1.14. The topological polar surface area (TPSA) is 79.2 Å². The van der Waals surface area contributed by atoms with Crippen LogP contribution in [-0.4, -0.2) is 53.1 Å². The van der Waals surface area contributed by atoms with Crippen LogP contribution in [0.1, 0.15) is 45.4 Å². The summed E-state index contributed by atoms with van der Waals surface area (Å²) in [4.78, 5) is 0. The molecule has 1 aliphatic rings. The van der Waals surface area contributed by atoms with Gasteiger partial charge in [-0.25, -0.2) is 0 Å². The highest BCUT2D eigenvalue weighted by molar-refractivity contribution is 5.11. The van der Waals surface area contributed by atoms with Gasteiger partial charge in [0.15, 0.2) is 0 Å². The van der Waals surface area contributed by atoms with Crippen molar-refractivity contribution >= 4 is 0 Å². The molecule has 0 radical (unpaired) electrons. The summed E-state index contributed by atoms with van der Waals surface area (Å²) in [6.45, 7) is 1.87. The summed E-state index contributed by atoms with van der Waals surface area (Å²) in [5.74, 6) is 5.04. The third kappa shape index (κ3) is 5.78. The lowest BCUT2D eigenvalue weighted by atomic mass is 9.98. The van der Waals surface area contributed by atoms with Gasteiger partial charge < -0.3 is 24.8 Å². The molecule has 1 rings (SSSR count). The minimum Gasteiger partial charge on any atom is -0.393 e. The molecule has 0 aliphatic carbocycles. The lowest BCUT2D eigenvalue weighted by molar-refractivity contribution is -0.201. The van der Waals surface area contributed by atoms with E-state index in [1.807, 2.05) is 0 Å². The number of aliphatic hydroxyl groups is 3. The van der Waals surface area contributed by atoms with E-state index in [9.17, 15) is 10.2 Å². The second-order valence-corrected chi connectivity index (χ2v) is 5.62. The van der Waals surface area contributed by atoms with Crippen LogP contribution < -0.4 is 0 Å². The molecule has 1 heterocycles. The summed E-state index contributed by atoms with van der Waals surface area (Å²) in [7, 11) is 1.58. The van der Waals surface area contributed by atoms with Gasteiger partial charge in [0.2, 0.25) is 5.79 Å². The average molecular weight is 286 g/mol. The monoisotopic (exact) mass is 286 g/mol. The zero-order chi connectivity index (χ0) is 15.1. The molecule has 0 saturated carbocycles. The predicted octanol–water partition coefficient (Wildman–Crippen LogP) is 0.807. The van der Waals surface area contributed by atoms with Crippen LogP contribution in [0.25, 0.3) is 0 Å². The van der Waals surface area contributed by atoms with Crippen molar-refractivity contribution in [2.45, 2.75) is 62.9 Å². The zero-order valence-corrected chi connectivity index (χ0v) is 12.4. The van der Waals surface area contributed by atoms with Crippen molar-refractivity contribution in [2.24, 2.45) is 0 Å². The molecular formula is C15H26O5. The Morgan fingerprint density at radius 1 is 1.45 bits per heavy atom. The van der Waals surface area contributed by atoms with Crippen molar-refractivity contribution in [1.29, 1.82) is 0 Å². The van der Waals surface area contributed by atoms with Gasteiger partial charge in [0.1, 0.15) is 0 Å². The molecule has 0 bridgehead atoms. The summed E-state index contributed by atoms with van der Waals surface area (Å²) in [5, 5.41) is 28.4. The lowest BCUT2D eigenvalue weighted by Crippen LogP contribution is -2.36. The molecule has 5 heteroatoms. The molecule has 0 spiro atoms. The Morgan fingerprint density at radius 2 is 2.20 bits per heavy atom. The highest BCUT2D eigenvalue weighted by Gasteiger charge is 2.31. The van der Waals surface area contributed by atoms with Crippen molar-refractivity contribution in [2.75, 3.05) is 20.3 Å². The summed E-state index contributed by atoms with van der Waals surface area (Å²) in [5.41, 5.74) is -1.14. The average Bonchev–Trinajstić information content (AvgIpc) is 2.46. The van der Waals surface area contributed by atoms with Crippen molar-refractivity contribution in [3.63, 3.8) is 0 Å². The van der Waals surface area contributed by atoms with E-state index >= 15 is 0 Å². The second-order valence-electron chi connectivity index (χ2n) is 5.62. The smallest absolute Gasteiger partial charge is 0.233 e. The molecule has 5 nitrogen and oxygen atoms in total. The van der Waals surface area contributed by atoms with Crippen LogP contribution in [0.3, 0.4) is 0 Å². The Hall–Kier alpha value is -0.640. The SMILES string of the molecule is COC1(C#CCC(O)CCC(C)(O)CO)CCCCO1. The van der Waals surface area contributed by atoms with Gasteiger partial charge >= 0.3 is 0 Å². The van der Waals surface area contributed by atoms with Crippen LogP contribution in [-0.2, 0) is 9.47 Å². The second kappa shape index (κ2) is 7.96. The standard InChI is InChI=1S/C15H26O5/c1-14(18,12-16)10-7-13(17)6-5-9-15(19-2)8-3-4-11-20-15/h13,16-18H,3-4,6-8,10-12H2,1-2H3. The van der Waals surface area contributed by atoms with E-state index in [2.05, 4.69) is 11.8 Å². The van der Waals surface area contributed by atoms with Gasteiger partial charge in [0.25, 0.3) is 0 Å². The first-order valence-electron chi connectivity index (χ1n) is 7.13. The van der Waals surface area contributed by atoms with E-state index in [-0.39, 0.29) is 6.61 Å². The molecule has 3 atom stereocenters. The number of hydrogen-bond donors (Lipinski definition) is 3. The predicted molar refractivity (Wildman–Crippen MR) is 74.9 cm³/mol. The van der Waals surface area contributed by atoms with Gasteiger partial charge in [-0.1, -0.05) is 5.92 Å². The van der Waals surface area contributed by atoms with Gasteiger partial charge in [-0.15, -0.1) is 0 Å². The van der Waals surface area contributed by atoms with Crippen molar-refractivity contribution in [1.82, 2.24) is 0 Å². The van der Waals surface area contributed by atoms with E-state index in [4.69, 9.17) is 14.6 Å². The van der Waals surface area contributed by atoms with Crippen LogP contribution in [0.4, 0.5) is 0 Å². The third-order valence-corrected chi connectivity index (χ3v) is 3.54. The minimum absolute atomic E-state index is 0.302. The molecule has 20 heavy (non-hydrogen) atoms. The number of ether oxygens (including phenoxy) is 2. The summed E-state index contributed by atoms with van der Waals surface area (Å²) >= 11 is 0. The number of aliphatic hydroxyl groups excluding tert-OH is 2. The normalized spacial score (nSPS) is 27.2. The molecule has 116 valence electrons. The molecule has 3 N–H and O–H groups in total. The fraction of sp³-hybridized carbons (Fsp3) is 0.867.